The summed E-state index contributed by atoms with van der Waals surface area (Å²) < 4.78 is 55.1. The molecule has 11 heteroatoms. The number of unbranched alkanes of at least 4 members (excludes halogenated alkanes) is 1. The van der Waals surface area contributed by atoms with Crippen molar-refractivity contribution in [3.63, 3.8) is 0 Å². The molecule has 4 aromatic rings. The van der Waals surface area contributed by atoms with Gasteiger partial charge in [0, 0.05) is 13.1 Å². The van der Waals surface area contributed by atoms with E-state index in [0.717, 1.165) is 73.1 Å². The van der Waals surface area contributed by atoms with Gasteiger partial charge in [0.15, 0.2) is 23.0 Å². The molecular formula is C36H41F3N2O6. The molecule has 0 spiro atoms. The van der Waals surface area contributed by atoms with Crippen LogP contribution in [0.25, 0.3) is 0 Å². The van der Waals surface area contributed by atoms with Crippen LogP contribution in [0.4, 0.5) is 13.2 Å². The van der Waals surface area contributed by atoms with Gasteiger partial charge in [-0.05, 0) is 65.9 Å². The van der Waals surface area contributed by atoms with Crippen molar-refractivity contribution in [3.05, 3.63) is 119 Å². The zero-order chi connectivity index (χ0) is 34.1. The number of carbonyl (C=O) groups excluding carboxylic acids is 1. The second-order valence-corrected chi connectivity index (χ2v) is 10.6. The van der Waals surface area contributed by atoms with Crippen molar-refractivity contribution in [2.75, 3.05) is 27.3 Å². The maximum atomic E-state index is 10.5. The lowest BCUT2D eigenvalue weighted by Crippen LogP contribution is -2.50. The number of benzene rings is 4. The number of carboxylic acid groups (broad SMARTS) is 1. The molecule has 0 unspecified atom stereocenters. The predicted molar refractivity (Wildman–Crippen MR) is 170 cm³/mol. The molecule has 8 nitrogen and oxygen atoms in total. The SMILES string of the molecule is COc1cc(CN(CCCC[NH3+])Cc2ccc(OCc3ccccc3)c(OC)c2)ccc1OCc1ccccc1.O=C([O-])C(F)(F)F. The number of nitrogens with zero attached hydrogens (tertiary/aromatic N) is 1. The molecule has 252 valence electrons. The highest BCUT2D eigenvalue weighted by molar-refractivity contribution is 5.70. The molecule has 0 amide bonds. The van der Waals surface area contributed by atoms with Crippen LogP contribution in [0.15, 0.2) is 97.1 Å². The Bertz CT molecular complexity index is 1410. The summed E-state index contributed by atoms with van der Waals surface area (Å²) in [7, 11) is 3.38. The van der Waals surface area contributed by atoms with Gasteiger partial charge in [0.1, 0.15) is 19.2 Å². The van der Waals surface area contributed by atoms with Crippen molar-refractivity contribution in [2.45, 2.75) is 45.3 Å². The summed E-state index contributed by atoms with van der Waals surface area (Å²) in [5, 5.41) is 8.78. The van der Waals surface area contributed by atoms with Crippen LogP contribution in [-0.4, -0.2) is 44.4 Å². The van der Waals surface area contributed by atoms with Crippen LogP contribution in [0.2, 0.25) is 0 Å². The van der Waals surface area contributed by atoms with E-state index in [0.29, 0.717) is 13.2 Å². The van der Waals surface area contributed by atoms with Gasteiger partial charge in [-0.1, -0.05) is 72.8 Å². The van der Waals surface area contributed by atoms with Crippen molar-refractivity contribution in [1.82, 2.24) is 4.90 Å². The molecule has 0 saturated heterocycles. The maximum absolute atomic E-state index is 10.5. The third kappa shape index (κ3) is 12.9. The number of alkyl halides is 3. The highest BCUT2D eigenvalue weighted by atomic mass is 19.4. The summed E-state index contributed by atoms with van der Waals surface area (Å²) in [6.07, 6.45) is -3.00. The van der Waals surface area contributed by atoms with Gasteiger partial charge in [-0.3, -0.25) is 4.90 Å². The van der Waals surface area contributed by atoms with E-state index in [1.807, 2.05) is 48.5 Å². The average Bonchev–Trinajstić information content (AvgIpc) is 3.07. The first-order valence-electron chi connectivity index (χ1n) is 15.1. The van der Waals surface area contributed by atoms with Crippen LogP contribution in [0.3, 0.4) is 0 Å². The van der Waals surface area contributed by atoms with Crippen LogP contribution >= 0.6 is 0 Å². The second-order valence-electron chi connectivity index (χ2n) is 10.6. The molecule has 0 aromatic heterocycles. The highest BCUT2D eigenvalue weighted by Crippen LogP contribution is 2.31. The lowest BCUT2D eigenvalue weighted by Gasteiger charge is -2.23. The van der Waals surface area contributed by atoms with E-state index in [-0.39, 0.29) is 0 Å². The summed E-state index contributed by atoms with van der Waals surface area (Å²) >= 11 is 0. The fraction of sp³-hybridized carbons (Fsp3) is 0.306. The lowest BCUT2D eigenvalue weighted by atomic mass is 10.1. The van der Waals surface area contributed by atoms with E-state index in [4.69, 9.17) is 28.8 Å². The van der Waals surface area contributed by atoms with Crippen LogP contribution in [0.5, 0.6) is 23.0 Å². The molecule has 0 atom stereocenters. The number of aliphatic carboxylic acids is 1. The quantitative estimate of drug-likeness (QED) is 0.166. The maximum Gasteiger partial charge on any atom is 0.430 e. The molecule has 4 aromatic carbocycles. The van der Waals surface area contributed by atoms with Crippen LogP contribution < -0.4 is 29.8 Å². The predicted octanol–water partition coefficient (Wildman–Crippen LogP) is 5.18. The number of methoxy groups -OCH3 is 2. The number of ether oxygens (including phenoxy) is 4. The number of quaternary nitrogens is 1. The third-order valence-corrected chi connectivity index (χ3v) is 6.95. The van der Waals surface area contributed by atoms with E-state index in [9.17, 15) is 13.2 Å². The fourth-order valence-corrected chi connectivity index (χ4v) is 4.57. The Morgan fingerprint density at radius 1 is 0.681 bits per heavy atom. The Kier molecular flexibility index (Phi) is 14.9. The van der Waals surface area contributed by atoms with Gasteiger partial charge in [0.25, 0.3) is 0 Å². The molecule has 0 heterocycles. The van der Waals surface area contributed by atoms with E-state index < -0.39 is 12.1 Å². The molecule has 3 N–H and O–H groups in total. The Balaban J connectivity index is 0.000000771. The topological polar surface area (TPSA) is 108 Å². The van der Waals surface area contributed by atoms with Gasteiger partial charge in [-0.2, -0.15) is 13.2 Å². The van der Waals surface area contributed by atoms with Crippen LogP contribution in [0.1, 0.15) is 35.1 Å². The molecule has 47 heavy (non-hydrogen) atoms. The van der Waals surface area contributed by atoms with Gasteiger partial charge in [-0.25, -0.2) is 0 Å². The number of carbonyl (C=O) groups is 1. The summed E-state index contributed by atoms with van der Waals surface area (Å²) in [5.74, 6) is -0.0305. The summed E-state index contributed by atoms with van der Waals surface area (Å²) in [6, 6.07) is 32.7. The Hall–Kier alpha value is -4.74. The zero-order valence-corrected chi connectivity index (χ0v) is 26.6. The Morgan fingerprint density at radius 2 is 1.11 bits per heavy atom. The van der Waals surface area contributed by atoms with Crippen LogP contribution in [0, 0.1) is 0 Å². The van der Waals surface area contributed by atoms with E-state index in [1.54, 1.807) is 14.2 Å². The fourth-order valence-electron chi connectivity index (χ4n) is 4.57. The van der Waals surface area contributed by atoms with Crippen molar-refractivity contribution < 1.29 is 47.8 Å². The standard InChI is InChI=1S/C34H40N2O4.C2HF3O2/c1-37-33-21-29(15-17-31(33)39-25-27-11-5-3-6-12-27)23-36(20-10-9-19-35)24-30-16-18-32(34(22-30)38-2)40-26-28-13-7-4-8-14-28;3-2(4,5)1(6)7/h3-8,11-18,21-22H,9-10,19-20,23-26,35H2,1-2H3;(H,6,7). The zero-order valence-electron chi connectivity index (χ0n) is 26.6. The molecule has 4 rings (SSSR count). The lowest BCUT2D eigenvalue weighted by molar-refractivity contribution is -0.368. The minimum absolute atomic E-state index is 0.501. The van der Waals surface area contributed by atoms with Gasteiger partial charge >= 0.3 is 6.18 Å². The number of hydrogen-bond acceptors (Lipinski definition) is 7. The van der Waals surface area contributed by atoms with Gasteiger partial charge in [0.05, 0.1) is 20.8 Å². The molecule has 0 saturated carbocycles. The van der Waals surface area contributed by atoms with E-state index in [2.05, 4.69) is 59.2 Å². The van der Waals surface area contributed by atoms with Crippen LogP contribution in [-0.2, 0) is 31.1 Å². The largest absolute Gasteiger partial charge is 0.542 e. The highest BCUT2D eigenvalue weighted by Gasteiger charge is 2.28. The normalized spacial score (nSPS) is 11.0. The van der Waals surface area contributed by atoms with Gasteiger partial charge < -0.3 is 34.6 Å². The summed E-state index contributed by atoms with van der Waals surface area (Å²) in [4.78, 5) is 11.2. The number of carboxylic acids is 1. The van der Waals surface area contributed by atoms with Gasteiger partial charge in [0.2, 0.25) is 0 Å². The first-order chi connectivity index (χ1) is 22.6. The van der Waals surface area contributed by atoms with Crippen molar-refractivity contribution in [1.29, 1.82) is 0 Å². The summed E-state index contributed by atoms with van der Waals surface area (Å²) in [5.41, 5.74) is 8.61. The van der Waals surface area contributed by atoms with Crippen molar-refractivity contribution in [3.8, 4) is 23.0 Å². The second kappa shape index (κ2) is 19.0. The molecule has 0 bridgehead atoms. The number of rotatable bonds is 16. The first-order valence-corrected chi connectivity index (χ1v) is 15.1. The number of hydrogen-bond donors (Lipinski definition) is 1. The van der Waals surface area contributed by atoms with Crippen molar-refractivity contribution in [2.24, 2.45) is 0 Å². The minimum Gasteiger partial charge on any atom is -0.542 e. The molecule has 0 radical (unpaired) electrons. The summed E-state index contributed by atoms with van der Waals surface area (Å²) in [6.45, 7) is 4.50. The number of halogens is 3. The smallest absolute Gasteiger partial charge is 0.430 e. The Morgan fingerprint density at radius 3 is 1.47 bits per heavy atom. The Labute approximate surface area is 273 Å². The first kappa shape index (κ1) is 36.7. The average molecular weight is 655 g/mol. The van der Waals surface area contributed by atoms with Gasteiger partial charge in [-0.15, -0.1) is 0 Å². The molecule has 0 aliphatic carbocycles. The minimum atomic E-state index is -5.19. The molecule has 0 fully saturated rings. The molecule has 0 aliphatic heterocycles. The van der Waals surface area contributed by atoms with Crippen molar-refractivity contribution >= 4 is 5.97 Å². The monoisotopic (exact) mass is 654 g/mol. The van der Waals surface area contributed by atoms with E-state index in [1.165, 1.54) is 11.1 Å². The van der Waals surface area contributed by atoms with E-state index >= 15 is 0 Å². The third-order valence-electron chi connectivity index (χ3n) is 6.95. The molecule has 0 aliphatic rings. The molecular weight excluding hydrogens is 613 g/mol.